The minimum Gasteiger partial charge on any atom is -0.292 e. The Morgan fingerprint density at radius 1 is 0.816 bits per heavy atom. The smallest absolute Gasteiger partial charge is 0.234 e. The lowest BCUT2D eigenvalue weighted by Gasteiger charge is -2.47. The minimum absolute atomic E-state index is 0.102. The number of thioether (sulfide) groups is 1. The molecule has 5 nitrogen and oxygen atoms in total. The third-order valence-corrected chi connectivity index (χ3v) is 8.65. The maximum Gasteiger partial charge on any atom is 0.234 e. The summed E-state index contributed by atoms with van der Waals surface area (Å²) in [6.45, 7) is 5.60. The second kappa shape index (κ2) is 9.46. The molecule has 4 aromatic rings. The lowest BCUT2D eigenvalue weighted by Crippen LogP contribution is -2.54. The van der Waals surface area contributed by atoms with Gasteiger partial charge in [0, 0.05) is 28.6 Å². The normalized spacial score (nSPS) is 18.3. The summed E-state index contributed by atoms with van der Waals surface area (Å²) in [5.41, 5.74) is 7.59. The number of aryl methyl sites for hydroxylation is 1. The van der Waals surface area contributed by atoms with Gasteiger partial charge in [-0.2, -0.15) is 10.2 Å². The lowest BCUT2D eigenvalue weighted by molar-refractivity contribution is -0.110. The molecular formula is C31H25ClN4OS. The summed E-state index contributed by atoms with van der Waals surface area (Å²) in [6.07, 6.45) is 0. The van der Waals surface area contributed by atoms with E-state index in [-0.39, 0.29) is 5.78 Å². The van der Waals surface area contributed by atoms with Crippen LogP contribution in [0.2, 0.25) is 5.02 Å². The molecule has 4 aromatic carbocycles. The number of hydrogen-bond donors (Lipinski definition) is 0. The van der Waals surface area contributed by atoms with Gasteiger partial charge in [-0.05, 0) is 55.4 Å². The van der Waals surface area contributed by atoms with E-state index in [0.29, 0.717) is 10.1 Å². The summed E-state index contributed by atoms with van der Waals surface area (Å²) in [4.78, 5) is 11.8. The van der Waals surface area contributed by atoms with Crippen LogP contribution >= 0.6 is 23.4 Å². The first-order valence-electron chi connectivity index (χ1n) is 12.3. The maximum atomic E-state index is 12.8. The van der Waals surface area contributed by atoms with Gasteiger partial charge in [0.2, 0.25) is 4.99 Å². The van der Waals surface area contributed by atoms with Gasteiger partial charge >= 0.3 is 0 Å². The van der Waals surface area contributed by atoms with Gasteiger partial charge in [-0.3, -0.25) is 4.79 Å². The Morgan fingerprint density at radius 3 is 2.26 bits per heavy atom. The van der Waals surface area contributed by atoms with Crippen molar-refractivity contribution in [3.8, 4) is 0 Å². The molecule has 0 saturated heterocycles. The number of nitrogens with zero attached hydrogens (tertiary/aromatic N) is 4. The zero-order valence-corrected chi connectivity index (χ0v) is 22.8. The SMILES string of the molecule is CC(=O)C1=NN(c2cccc(Cl)c2C)[C@@]2(S1)c1ccccc1C(c1ccc(C)cc1)=NN2c1ccccc1. The van der Waals surface area contributed by atoms with Crippen molar-refractivity contribution in [2.75, 3.05) is 10.0 Å². The van der Waals surface area contributed by atoms with E-state index in [9.17, 15) is 4.79 Å². The first-order valence-corrected chi connectivity index (χ1v) is 13.5. The van der Waals surface area contributed by atoms with E-state index < -0.39 is 4.99 Å². The maximum absolute atomic E-state index is 12.8. The average molecular weight is 537 g/mol. The van der Waals surface area contributed by atoms with Crippen LogP contribution in [0.15, 0.2) is 107 Å². The Balaban J connectivity index is 1.68. The van der Waals surface area contributed by atoms with E-state index in [1.54, 1.807) is 6.92 Å². The van der Waals surface area contributed by atoms with E-state index in [4.69, 9.17) is 21.8 Å². The summed E-state index contributed by atoms with van der Waals surface area (Å²) < 4.78 is 0. The molecule has 0 amide bonds. The summed E-state index contributed by atoms with van der Waals surface area (Å²) in [7, 11) is 0. The Bertz CT molecular complexity index is 1620. The summed E-state index contributed by atoms with van der Waals surface area (Å²) in [5.74, 6) is -0.102. The summed E-state index contributed by atoms with van der Waals surface area (Å²) in [6, 6.07) is 32.4. The van der Waals surface area contributed by atoms with E-state index in [1.165, 1.54) is 17.3 Å². The molecular weight excluding hydrogens is 512 g/mol. The van der Waals surface area contributed by atoms with Gasteiger partial charge in [-0.25, -0.2) is 10.0 Å². The number of carbonyl (C=O) groups excluding carboxylic acids is 1. The van der Waals surface area contributed by atoms with Gasteiger partial charge in [-0.1, -0.05) is 90.0 Å². The van der Waals surface area contributed by atoms with Gasteiger partial charge in [-0.15, -0.1) is 0 Å². The quantitative estimate of drug-likeness (QED) is 0.271. The zero-order valence-electron chi connectivity index (χ0n) is 21.2. The molecule has 2 aliphatic rings. The molecule has 0 saturated carbocycles. The number of rotatable bonds is 4. The molecule has 0 radical (unpaired) electrons. The first-order chi connectivity index (χ1) is 18.4. The van der Waals surface area contributed by atoms with Crippen LogP contribution in [0.5, 0.6) is 0 Å². The number of halogens is 1. The highest BCUT2D eigenvalue weighted by Gasteiger charge is 2.56. The van der Waals surface area contributed by atoms with Crippen molar-refractivity contribution in [2.45, 2.75) is 25.8 Å². The topological polar surface area (TPSA) is 48.3 Å². The fourth-order valence-electron chi connectivity index (χ4n) is 4.88. The monoisotopic (exact) mass is 536 g/mol. The van der Waals surface area contributed by atoms with Crippen molar-refractivity contribution < 1.29 is 4.79 Å². The number of hydrazone groups is 2. The standard InChI is InChI=1S/C31H25ClN4OS/c1-20-16-18-23(19-17-20)29-25-12-7-8-13-26(25)31(35(33-29)24-10-5-4-6-11-24)36(34-30(38-31)22(3)37)28-15-9-14-27(32)21(28)2/h4-19H,1-3H3/t31-/m1/s1. The van der Waals surface area contributed by atoms with Gasteiger partial charge in [0.15, 0.2) is 10.8 Å². The molecule has 0 aromatic heterocycles. The highest BCUT2D eigenvalue weighted by atomic mass is 35.5. The minimum atomic E-state index is -0.997. The highest BCUT2D eigenvalue weighted by Crippen LogP contribution is 2.55. The van der Waals surface area contributed by atoms with Crippen molar-refractivity contribution in [1.82, 2.24) is 0 Å². The van der Waals surface area contributed by atoms with Crippen LogP contribution in [0.3, 0.4) is 0 Å². The number of ketones is 1. The van der Waals surface area contributed by atoms with Gasteiger partial charge in [0.05, 0.1) is 17.1 Å². The van der Waals surface area contributed by atoms with Crippen molar-refractivity contribution >= 4 is 51.3 Å². The molecule has 1 spiro atoms. The van der Waals surface area contributed by atoms with Crippen LogP contribution < -0.4 is 10.0 Å². The number of benzene rings is 4. The summed E-state index contributed by atoms with van der Waals surface area (Å²) >= 11 is 8.01. The van der Waals surface area contributed by atoms with Crippen LogP contribution in [0, 0.1) is 13.8 Å². The van der Waals surface area contributed by atoms with Gasteiger partial charge in [0.1, 0.15) is 0 Å². The second-order valence-corrected chi connectivity index (χ2v) is 10.9. The fraction of sp³-hybridized carbons (Fsp3) is 0.129. The molecule has 38 heavy (non-hydrogen) atoms. The molecule has 2 heterocycles. The molecule has 1 atom stereocenters. The van der Waals surface area contributed by atoms with Crippen molar-refractivity contribution in [1.29, 1.82) is 0 Å². The molecule has 0 fully saturated rings. The lowest BCUT2D eigenvalue weighted by atomic mass is 9.93. The van der Waals surface area contributed by atoms with E-state index in [1.807, 2.05) is 77.6 Å². The Hall–Kier alpha value is -3.87. The van der Waals surface area contributed by atoms with Crippen LogP contribution in [-0.2, 0) is 9.79 Å². The van der Waals surface area contributed by atoms with Gasteiger partial charge < -0.3 is 0 Å². The number of Topliss-reactive ketones (excluding diaryl/α,β-unsaturated/α-hetero) is 1. The van der Waals surface area contributed by atoms with Crippen LogP contribution in [-0.4, -0.2) is 16.5 Å². The molecule has 188 valence electrons. The molecule has 0 N–H and O–H groups in total. The fourth-order valence-corrected chi connectivity index (χ4v) is 6.33. The van der Waals surface area contributed by atoms with Crippen molar-refractivity contribution in [2.24, 2.45) is 10.2 Å². The van der Waals surface area contributed by atoms with Gasteiger partial charge in [0.25, 0.3) is 0 Å². The third-order valence-electron chi connectivity index (χ3n) is 6.83. The van der Waals surface area contributed by atoms with E-state index in [0.717, 1.165) is 39.3 Å². The second-order valence-electron chi connectivity index (χ2n) is 9.37. The first kappa shape index (κ1) is 24.5. The average Bonchev–Trinajstić information content (AvgIpc) is 3.33. The number of anilines is 2. The number of hydrogen-bond acceptors (Lipinski definition) is 6. The molecule has 0 aliphatic carbocycles. The predicted molar refractivity (Wildman–Crippen MR) is 158 cm³/mol. The van der Waals surface area contributed by atoms with Crippen LogP contribution in [0.25, 0.3) is 0 Å². The van der Waals surface area contributed by atoms with Crippen molar-refractivity contribution in [3.05, 3.63) is 130 Å². The summed E-state index contributed by atoms with van der Waals surface area (Å²) in [5, 5.41) is 15.2. The third kappa shape index (κ3) is 3.83. The molecule has 7 heteroatoms. The highest BCUT2D eigenvalue weighted by molar-refractivity contribution is 8.17. The van der Waals surface area contributed by atoms with E-state index in [2.05, 4.69) is 43.3 Å². The Labute approximate surface area is 231 Å². The predicted octanol–water partition coefficient (Wildman–Crippen LogP) is 7.50. The Morgan fingerprint density at radius 2 is 1.53 bits per heavy atom. The van der Waals surface area contributed by atoms with E-state index >= 15 is 0 Å². The number of carbonyl (C=O) groups is 1. The largest absolute Gasteiger partial charge is 0.292 e. The molecule has 0 unspecified atom stereocenters. The number of para-hydroxylation sites is 1. The molecule has 2 aliphatic heterocycles. The number of fused-ring (bicyclic) bond motifs is 2. The van der Waals surface area contributed by atoms with Crippen LogP contribution in [0.1, 0.15) is 34.7 Å². The van der Waals surface area contributed by atoms with Crippen molar-refractivity contribution in [3.63, 3.8) is 0 Å². The Kier molecular flexibility index (Phi) is 6.09. The van der Waals surface area contributed by atoms with Crippen LogP contribution in [0.4, 0.5) is 11.4 Å². The molecule has 0 bridgehead atoms. The molecule has 6 rings (SSSR count). The zero-order chi connectivity index (χ0) is 26.4.